The molecule has 0 aliphatic carbocycles. The first-order valence-electron chi connectivity index (χ1n) is 28.0. The zero-order chi connectivity index (χ0) is 49.9. The zero-order valence-electron chi connectivity index (χ0n) is 44.8. The third-order valence-corrected chi connectivity index (χ3v) is 12.4. The highest BCUT2D eigenvalue weighted by Gasteiger charge is 2.25. The lowest BCUT2D eigenvalue weighted by Crippen LogP contribution is -2.55. The third-order valence-electron chi connectivity index (χ3n) is 12.4. The van der Waals surface area contributed by atoms with E-state index in [0.717, 1.165) is 70.6 Å². The van der Waals surface area contributed by atoms with Crippen molar-refractivity contribution in [3.05, 3.63) is 72.9 Å². The lowest BCUT2D eigenvalue weighted by atomic mass is 10.0. The number of ether oxygens (including phenoxy) is 3. The maximum Gasteiger partial charge on any atom is 0.306 e. The van der Waals surface area contributed by atoms with Crippen LogP contribution in [0.5, 0.6) is 0 Å². The van der Waals surface area contributed by atoms with E-state index < -0.39 is 18.1 Å². The van der Waals surface area contributed by atoms with Crippen LogP contribution in [0, 0.1) is 0 Å². The van der Waals surface area contributed by atoms with Crippen molar-refractivity contribution in [2.75, 3.05) is 41.0 Å². The van der Waals surface area contributed by atoms with E-state index in [9.17, 15) is 19.5 Å². The molecule has 0 heterocycles. The van der Waals surface area contributed by atoms with Crippen molar-refractivity contribution in [1.82, 2.24) is 0 Å². The summed E-state index contributed by atoms with van der Waals surface area (Å²) in [5, 5.41) is 11.7. The van der Waals surface area contributed by atoms with Crippen LogP contribution in [0.1, 0.15) is 239 Å². The molecule has 0 spiro atoms. The summed E-state index contributed by atoms with van der Waals surface area (Å²) < 4.78 is 17.2. The predicted molar refractivity (Wildman–Crippen MR) is 286 cm³/mol. The number of carbonyl (C=O) groups is 3. The lowest BCUT2D eigenvalue weighted by Gasteiger charge is -2.34. The van der Waals surface area contributed by atoms with Gasteiger partial charge in [0, 0.05) is 19.3 Å². The molecule has 2 atom stereocenters. The molecule has 0 aromatic carbocycles. The van der Waals surface area contributed by atoms with E-state index in [-0.39, 0.29) is 49.1 Å². The Kier molecular flexibility index (Phi) is 47.8. The van der Waals surface area contributed by atoms with Gasteiger partial charge in [-0.3, -0.25) is 9.59 Å². The van der Waals surface area contributed by atoms with Gasteiger partial charge in [0.2, 0.25) is 0 Å². The second-order valence-electron chi connectivity index (χ2n) is 19.8. The minimum Gasteiger partial charge on any atom is -0.544 e. The van der Waals surface area contributed by atoms with Crippen LogP contribution in [0.3, 0.4) is 0 Å². The van der Waals surface area contributed by atoms with Crippen LogP contribution in [-0.2, 0) is 28.6 Å². The molecule has 0 saturated carbocycles. The van der Waals surface area contributed by atoms with Crippen LogP contribution >= 0.6 is 0 Å². The molecule has 0 saturated heterocycles. The molecule has 0 aromatic rings. The fourth-order valence-corrected chi connectivity index (χ4v) is 8.08. The molecule has 0 aliphatic rings. The van der Waals surface area contributed by atoms with Gasteiger partial charge in [-0.1, -0.05) is 228 Å². The SMILES string of the molecule is CC/C=C/C/C=C/C/C=C/C/C=C/C/C=C/C/C=C/CCCCC(=O)OC(COCCC(C(=O)[O-])[N+](C)(C)C)COC(=O)CCCCCCCCCCCCCCCCCCCCCCCCC. The molecule has 8 heteroatoms. The number of likely N-dealkylation sites (N-methyl/N-ethyl adjacent to an activating group) is 1. The number of hydrogen-bond donors (Lipinski definition) is 0. The lowest BCUT2D eigenvalue weighted by molar-refractivity contribution is -0.889. The molecule has 2 unspecified atom stereocenters. The quantitative estimate of drug-likeness (QED) is 0.0259. The first-order valence-corrected chi connectivity index (χ1v) is 28.0. The van der Waals surface area contributed by atoms with Crippen molar-refractivity contribution in [3.8, 4) is 0 Å². The Morgan fingerprint density at radius 1 is 0.456 bits per heavy atom. The number of allylic oxidation sites excluding steroid dienone is 12. The normalized spacial score (nSPS) is 13.4. The van der Waals surface area contributed by atoms with Crippen molar-refractivity contribution in [1.29, 1.82) is 0 Å². The Morgan fingerprint density at radius 2 is 0.824 bits per heavy atom. The maximum atomic E-state index is 12.8. The number of carbonyl (C=O) groups excluding carboxylic acids is 3. The molecule has 8 nitrogen and oxygen atoms in total. The number of aliphatic carboxylic acids is 1. The standard InChI is InChI=1S/C60H105NO7/c1-6-8-10-12-14-16-18-20-22-24-26-28-29-31-32-34-36-38-40-42-44-46-48-50-58(62)67-55-56(54-66-53-52-57(60(64)65)61(3,4)5)68-59(63)51-49-47-45-43-41-39-37-35-33-30-27-25-23-21-19-17-15-13-11-9-7-2/h9,11,15,17,21,23,27,30,35,37,41,43,56-57H,6-8,10,12-14,16,18-20,22,24-26,28-29,31-34,36,38-40,42,44-55H2,1-5H3/b11-9+,17-15+,23-21+,30-27+,37-35+,43-41+. The summed E-state index contributed by atoms with van der Waals surface area (Å²) in [6.07, 6.45) is 65.2. The van der Waals surface area contributed by atoms with Gasteiger partial charge in [0.05, 0.1) is 40.3 Å². The molecule has 392 valence electrons. The summed E-state index contributed by atoms with van der Waals surface area (Å²) in [5.74, 6) is -1.79. The highest BCUT2D eigenvalue weighted by molar-refractivity contribution is 5.70. The maximum absolute atomic E-state index is 12.8. The van der Waals surface area contributed by atoms with E-state index in [1.165, 1.54) is 128 Å². The van der Waals surface area contributed by atoms with Crippen LogP contribution in [0.15, 0.2) is 72.9 Å². The molecular weight excluding hydrogens is 847 g/mol. The van der Waals surface area contributed by atoms with E-state index in [4.69, 9.17) is 14.2 Å². The number of nitrogens with zero attached hydrogens (tertiary/aromatic N) is 1. The van der Waals surface area contributed by atoms with Gasteiger partial charge in [0.15, 0.2) is 6.10 Å². The van der Waals surface area contributed by atoms with Gasteiger partial charge in [0.1, 0.15) is 12.6 Å². The Labute approximate surface area is 419 Å². The molecule has 68 heavy (non-hydrogen) atoms. The number of unbranched alkanes of at least 4 members (excludes halogenated alkanes) is 24. The summed E-state index contributed by atoms with van der Waals surface area (Å²) in [4.78, 5) is 37.1. The van der Waals surface area contributed by atoms with Crippen molar-refractivity contribution in [3.63, 3.8) is 0 Å². The van der Waals surface area contributed by atoms with Crippen molar-refractivity contribution >= 4 is 17.9 Å². The molecule has 0 amide bonds. The van der Waals surface area contributed by atoms with Crippen molar-refractivity contribution < 1.29 is 38.2 Å². The molecule has 0 rings (SSSR count). The van der Waals surface area contributed by atoms with Gasteiger partial charge in [-0.25, -0.2) is 0 Å². The Hall–Kier alpha value is -3.23. The van der Waals surface area contributed by atoms with Crippen LogP contribution < -0.4 is 5.11 Å². The number of rotatable bonds is 50. The highest BCUT2D eigenvalue weighted by atomic mass is 16.6. The van der Waals surface area contributed by atoms with Gasteiger partial charge in [0.25, 0.3) is 0 Å². The van der Waals surface area contributed by atoms with Gasteiger partial charge >= 0.3 is 11.9 Å². The number of carboxylic acids is 1. The van der Waals surface area contributed by atoms with Crippen LogP contribution in [-0.4, -0.2) is 75.5 Å². The van der Waals surface area contributed by atoms with Crippen LogP contribution in [0.2, 0.25) is 0 Å². The summed E-state index contributed by atoms with van der Waals surface area (Å²) in [6.45, 7) is 4.53. The first kappa shape index (κ1) is 64.8. The van der Waals surface area contributed by atoms with Gasteiger partial charge in [-0.2, -0.15) is 0 Å². The largest absolute Gasteiger partial charge is 0.544 e. The molecule has 0 aromatic heterocycles. The van der Waals surface area contributed by atoms with E-state index in [1.54, 1.807) is 21.1 Å². The molecule has 0 fully saturated rings. The van der Waals surface area contributed by atoms with E-state index >= 15 is 0 Å². The summed E-state index contributed by atoms with van der Waals surface area (Å²) in [5.41, 5.74) is 0. The zero-order valence-corrected chi connectivity index (χ0v) is 44.8. The second-order valence-corrected chi connectivity index (χ2v) is 19.8. The molecule has 0 N–H and O–H groups in total. The molecule has 0 radical (unpaired) electrons. The molecule has 0 bridgehead atoms. The van der Waals surface area contributed by atoms with Gasteiger partial charge in [-0.05, 0) is 64.2 Å². The Balaban J connectivity index is 4.25. The van der Waals surface area contributed by atoms with E-state index in [1.807, 2.05) is 0 Å². The number of esters is 2. The fourth-order valence-electron chi connectivity index (χ4n) is 8.08. The second kappa shape index (κ2) is 50.2. The van der Waals surface area contributed by atoms with Gasteiger partial charge in [-0.15, -0.1) is 0 Å². The van der Waals surface area contributed by atoms with Crippen LogP contribution in [0.25, 0.3) is 0 Å². The average molecular weight is 952 g/mol. The first-order chi connectivity index (χ1) is 33.1. The minimum atomic E-state index is -1.13. The number of hydrogen-bond acceptors (Lipinski definition) is 7. The van der Waals surface area contributed by atoms with Crippen LogP contribution in [0.4, 0.5) is 0 Å². The summed E-state index contributed by atoms with van der Waals surface area (Å²) in [7, 11) is 5.40. The van der Waals surface area contributed by atoms with Crippen molar-refractivity contribution in [2.45, 2.75) is 251 Å². The highest BCUT2D eigenvalue weighted by Crippen LogP contribution is 2.16. The molecular formula is C60H105NO7. The topological polar surface area (TPSA) is 102 Å². The third kappa shape index (κ3) is 47.8. The van der Waals surface area contributed by atoms with Crippen molar-refractivity contribution in [2.24, 2.45) is 0 Å². The fraction of sp³-hybridized carbons (Fsp3) is 0.750. The number of carboxylic acid groups (broad SMARTS) is 1. The number of quaternary nitrogens is 1. The van der Waals surface area contributed by atoms with E-state index in [0.29, 0.717) is 12.8 Å². The minimum absolute atomic E-state index is 0.0217. The monoisotopic (exact) mass is 952 g/mol. The van der Waals surface area contributed by atoms with E-state index in [2.05, 4.69) is 86.8 Å². The summed E-state index contributed by atoms with van der Waals surface area (Å²) in [6, 6.07) is -0.737. The predicted octanol–water partition coefficient (Wildman–Crippen LogP) is 15.3. The molecule has 0 aliphatic heterocycles. The summed E-state index contributed by atoms with van der Waals surface area (Å²) >= 11 is 0. The smallest absolute Gasteiger partial charge is 0.306 e. The Morgan fingerprint density at radius 3 is 1.22 bits per heavy atom. The Bertz CT molecular complexity index is 1340. The van der Waals surface area contributed by atoms with Gasteiger partial charge < -0.3 is 28.6 Å². The average Bonchev–Trinajstić information content (AvgIpc) is 3.30.